The maximum absolute atomic E-state index is 12.9. The van der Waals surface area contributed by atoms with E-state index in [2.05, 4.69) is 5.32 Å². The highest BCUT2D eigenvalue weighted by atomic mass is 19.4. The molecular formula is C14H19F3N2O. The van der Waals surface area contributed by atoms with Crippen molar-refractivity contribution in [3.8, 4) is 5.75 Å². The number of alkyl halides is 3. The first-order valence-corrected chi connectivity index (χ1v) is 6.68. The molecule has 0 saturated carbocycles. The Morgan fingerprint density at radius 1 is 1.30 bits per heavy atom. The van der Waals surface area contributed by atoms with Crippen molar-refractivity contribution in [2.75, 3.05) is 26.2 Å². The van der Waals surface area contributed by atoms with Gasteiger partial charge in [0.05, 0.1) is 6.42 Å². The van der Waals surface area contributed by atoms with E-state index in [1.807, 2.05) is 0 Å². The summed E-state index contributed by atoms with van der Waals surface area (Å²) in [6.45, 7) is 4.13. The largest absolute Gasteiger partial charge is 0.507 e. The molecule has 1 aromatic rings. The number of phenolic OH excluding ortho intramolecular Hbond substituents is 1. The molecule has 0 aliphatic carbocycles. The Morgan fingerprint density at radius 3 is 2.55 bits per heavy atom. The molecule has 1 aromatic carbocycles. The maximum Gasteiger partial charge on any atom is 0.390 e. The summed E-state index contributed by atoms with van der Waals surface area (Å²) in [5, 5.41) is 13.2. The molecule has 1 aliphatic rings. The highest BCUT2D eigenvalue weighted by molar-refractivity contribution is 5.41. The van der Waals surface area contributed by atoms with Gasteiger partial charge in [0, 0.05) is 37.8 Å². The van der Waals surface area contributed by atoms with E-state index >= 15 is 0 Å². The van der Waals surface area contributed by atoms with Gasteiger partial charge in [-0.05, 0) is 12.5 Å². The van der Waals surface area contributed by atoms with E-state index in [0.29, 0.717) is 37.3 Å². The Hall–Kier alpha value is -1.27. The van der Waals surface area contributed by atoms with Crippen molar-refractivity contribution in [1.29, 1.82) is 0 Å². The third-order valence-electron chi connectivity index (χ3n) is 3.65. The van der Waals surface area contributed by atoms with Gasteiger partial charge in [0.25, 0.3) is 0 Å². The molecular weight excluding hydrogens is 269 g/mol. The van der Waals surface area contributed by atoms with Crippen molar-refractivity contribution in [3.63, 3.8) is 0 Å². The summed E-state index contributed by atoms with van der Waals surface area (Å²) >= 11 is 0. The second-order valence-electron chi connectivity index (χ2n) is 5.13. The van der Waals surface area contributed by atoms with Crippen LogP contribution in [0.3, 0.4) is 0 Å². The zero-order valence-electron chi connectivity index (χ0n) is 11.4. The smallest absolute Gasteiger partial charge is 0.390 e. The number of aromatic hydroxyl groups is 1. The number of nitrogens with one attached hydrogen (secondary N) is 1. The zero-order chi connectivity index (χ0) is 14.8. The van der Waals surface area contributed by atoms with Gasteiger partial charge in [-0.2, -0.15) is 13.2 Å². The molecule has 0 spiro atoms. The number of para-hydroxylation sites is 1. The second kappa shape index (κ2) is 6.01. The molecule has 0 bridgehead atoms. The zero-order valence-corrected chi connectivity index (χ0v) is 11.4. The van der Waals surface area contributed by atoms with Crippen molar-refractivity contribution in [1.82, 2.24) is 10.2 Å². The molecule has 2 rings (SSSR count). The molecule has 2 N–H and O–H groups in total. The fraction of sp³-hybridized carbons (Fsp3) is 0.571. The van der Waals surface area contributed by atoms with Crippen LogP contribution in [0.15, 0.2) is 18.2 Å². The Morgan fingerprint density at radius 2 is 1.95 bits per heavy atom. The Bertz CT molecular complexity index is 456. The van der Waals surface area contributed by atoms with Crippen LogP contribution >= 0.6 is 0 Å². The molecule has 20 heavy (non-hydrogen) atoms. The number of phenols is 1. The van der Waals surface area contributed by atoms with E-state index in [9.17, 15) is 18.3 Å². The quantitative estimate of drug-likeness (QED) is 0.897. The van der Waals surface area contributed by atoms with E-state index in [1.54, 1.807) is 30.0 Å². The van der Waals surface area contributed by atoms with Crippen molar-refractivity contribution < 1.29 is 18.3 Å². The SMILES string of the molecule is Cc1cccc([C@H](CC(F)(F)F)N2CCNCC2)c1O. The van der Waals surface area contributed by atoms with E-state index < -0.39 is 18.6 Å². The van der Waals surface area contributed by atoms with Crippen LogP contribution in [-0.2, 0) is 0 Å². The Labute approximate surface area is 116 Å². The van der Waals surface area contributed by atoms with Gasteiger partial charge in [-0.1, -0.05) is 18.2 Å². The number of hydrogen-bond donors (Lipinski definition) is 2. The summed E-state index contributed by atoms with van der Waals surface area (Å²) < 4.78 is 38.6. The van der Waals surface area contributed by atoms with Crippen LogP contribution < -0.4 is 5.32 Å². The average Bonchev–Trinajstić information content (AvgIpc) is 2.40. The van der Waals surface area contributed by atoms with Crippen molar-refractivity contribution in [2.45, 2.75) is 25.6 Å². The van der Waals surface area contributed by atoms with Crippen LogP contribution in [0.25, 0.3) is 0 Å². The molecule has 6 heteroatoms. The van der Waals surface area contributed by atoms with Gasteiger partial charge in [-0.15, -0.1) is 0 Å². The summed E-state index contributed by atoms with van der Waals surface area (Å²) in [4.78, 5) is 1.79. The second-order valence-corrected chi connectivity index (χ2v) is 5.13. The fourth-order valence-corrected chi connectivity index (χ4v) is 2.60. The minimum Gasteiger partial charge on any atom is -0.507 e. The van der Waals surface area contributed by atoms with Crippen LogP contribution in [0, 0.1) is 6.92 Å². The highest BCUT2D eigenvalue weighted by Gasteiger charge is 2.37. The van der Waals surface area contributed by atoms with E-state index in [1.165, 1.54) is 0 Å². The number of piperazine rings is 1. The average molecular weight is 288 g/mol. The first-order chi connectivity index (χ1) is 9.38. The third kappa shape index (κ3) is 3.64. The van der Waals surface area contributed by atoms with E-state index in [-0.39, 0.29) is 5.75 Å². The van der Waals surface area contributed by atoms with Crippen LogP contribution in [-0.4, -0.2) is 42.4 Å². The van der Waals surface area contributed by atoms with Crippen molar-refractivity contribution in [3.05, 3.63) is 29.3 Å². The lowest BCUT2D eigenvalue weighted by atomic mass is 9.97. The summed E-state index contributed by atoms with van der Waals surface area (Å²) in [5.41, 5.74) is 0.967. The molecule has 0 aromatic heterocycles. The summed E-state index contributed by atoms with van der Waals surface area (Å²) in [7, 11) is 0. The lowest BCUT2D eigenvalue weighted by Gasteiger charge is -2.36. The van der Waals surface area contributed by atoms with Gasteiger partial charge in [0.15, 0.2) is 0 Å². The van der Waals surface area contributed by atoms with Crippen LogP contribution in [0.2, 0.25) is 0 Å². The molecule has 3 nitrogen and oxygen atoms in total. The molecule has 1 heterocycles. The molecule has 1 aliphatic heterocycles. The standard InChI is InChI=1S/C14H19F3N2O/c1-10-3-2-4-11(13(10)20)12(9-14(15,16)17)19-7-5-18-6-8-19/h2-4,12,18,20H,5-9H2,1H3/t12-/m0/s1. The fourth-order valence-electron chi connectivity index (χ4n) is 2.60. The van der Waals surface area contributed by atoms with Gasteiger partial charge >= 0.3 is 6.18 Å². The predicted octanol–water partition coefficient (Wildman–Crippen LogP) is 2.60. The van der Waals surface area contributed by atoms with Gasteiger partial charge < -0.3 is 10.4 Å². The van der Waals surface area contributed by atoms with Gasteiger partial charge in [0.2, 0.25) is 0 Å². The number of rotatable bonds is 3. The third-order valence-corrected chi connectivity index (χ3v) is 3.65. The Kier molecular flexibility index (Phi) is 4.55. The minimum absolute atomic E-state index is 0.0275. The first kappa shape index (κ1) is 15.1. The lowest BCUT2D eigenvalue weighted by molar-refractivity contribution is -0.148. The molecule has 1 saturated heterocycles. The van der Waals surface area contributed by atoms with Gasteiger partial charge in [0.1, 0.15) is 5.75 Å². The maximum atomic E-state index is 12.9. The minimum atomic E-state index is -4.26. The predicted molar refractivity (Wildman–Crippen MR) is 70.7 cm³/mol. The van der Waals surface area contributed by atoms with Gasteiger partial charge in [-0.25, -0.2) is 0 Å². The molecule has 1 fully saturated rings. The van der Waals surface area contributed by atoms with E-state index in [0.717, 1.165) is 0 Å². The van der Waals surface area contributed by atoms with Crippen molar-refractivity contribution >= 4 is 0 Å². The topological polar surface area (TPSA) is 35.5 Å². The van der Waals surface area contributed by atoms with Gasteiger partial charge in [-0.3, -0.25) is 4.90 Å². The van der Waals surface area contributed by atoms with Crippen molar-refractivity contribution in [2.24, 2.45) is 0 Å². The molecule has 0 radical (unpaired) electrons. The normalized spacial score (nSPS) is 19.0. The first-order valence-electron chi connectivity index (χ1n) is 6.68. The number of halogens is 3. The number of nitrogens with zero attached hydrogens (tertiary/aromatic N) is 1. The summed E-state index contributed by atoms with van der Waals surface area (Å²) in [5.74, 6) is -0.0275. The van der Waals surface area contributed by atoms with Crippen LogP contribution in [0.4, 0.5) is 13.2 Å². The molecule has 0 unspecified atom stereocenters. The summed E-state index contributed by atoms with van der Waals surface area (Å²) in [6, 6.07) is 4.15. The Balaban J connectivity index is 2.32. The molecule has 1 atom stereocenters. The molecule has 112 valence electrons. The van der Waals surface area contributed by atoms with E-state index in [4.69, 9.17) is 0 Å². The van der Waals surface area contributed by atoms with Crippen LogP contribution in [0.5, 0.6) is 5.75 Å². The number of aryl methyl sites for hydroxylation is 1. The lowest BCUT2D eigenvalue weighted by Crippen LogP contribution is -2.46. The summed E-state index contributed by atoms with van der Waals surface area (Å²) in [6.07, 6.45) is -5.20. The monoisotopic (exact) mass is 288 g/mol. The number of hydrogen-bond acceptors (Lipinski definition) is 3. The number of benzene rings is 1. The van der Waals surface area contributed by atoms with Crippen LogP contribution in [0.1, 0.15) is 23.6 Å². The molecule has 0 amide bonds. The highest BCUT2D eigenvalue weighted by Crippen LogP contribution is 2.38.